The van der Waals surface area contributed by atoms with Crippen LogP contribution in [0.4, 0.5) is 11.4 Å². The number of nitrogens with one attached hydrogen (secondary N) is 1. The summed E-state index contributed by atoms with van der Waals surface area (Å²) in [6, 6.07) is 6.02. The van der Waals surface area contributed by atoms with E-state index in [1.54, 1.807) is 12.1 Å². The molecule has 28 heavy (non-hydrogen) atoms. The van der Waals surface area contributed by atoms with Crippen LogP contribution in [0.15, 0.2) is 36.7 Å². The van der Waals surface area contributed by atoms with Crippen LogP contribution in [0.2, 0.25) is 0 Å². The Morgan fingerprint density at radius 2 is 2.11 bits per heavy atom. The fraction of sp³-hybridized carbons (Fsp3) is 0.500. The summed E-state index contributed by atoms with van der Waals surface area (Å²) in [5.41, 5.74) is 0.425. The van der Waals surface area contributed by atoms with Gasteiger partial charge in [0.25, 0.3) is 5.69 Å². The number of non-ortho nitro benzene ring substituents is 1. The first-order valence-electron chi connectivity index (χ1n) is 9.70. The highest BCUT2D eigenvalue weighted by molar-refractivity contribution is 5.92. The molecule has 150 valence electrons. The minimum atomic E-state index is -0.467. The number of nitro benzene ring substituents is 1. The molecule has 1 saturated heterocycles. The van der Waals surface area contributed by atoms with Crippen LogP contribution in [0.25, 0.3) is 0 Å². The molecule has 1 aromatic heterocycles. The largest absolute Gasteiger partial charge is 0.334 e. The third-order valence-corrected chi connectivity index (χ3v) is 5.13. The van der Waals surface area contributed by atoms with Crippen LogP contribution < -0.4 is 5.32 Å². The maximum atomic E-state index is 12.3. The van der Waals surface area contributed by atoms with Gasteiger partial charge in [-0.1, -0.05) is 19.9 Å². The highest BCUT2D eigenvalue weighted by Crippen LogP contribution is 2.22. The molecule has 8 heteroatoms. The van der Waals surface area contributed by atoms with Gasteiger partial charge >= 0.3 is 0 Å². The van der Waals surface area contributed by atoms with Gasteiger partial charge in [-0.2, -0.15) is 0 Å². The van der Waals surface area contributed by atoms with E-state index in [1.807, 2.05) is 12.4 Å². The van der Waals surface area contributed by atoms with E-state index < -0.39 is 4.92 Å². The summed E-state index contributed by atoms with van der Waals surface area (Å²) >= 11 is 0. The maximum absolute atomic E-state index is 12.3. The SMILES string of the molecule is CC(C)c1nccn1CC1CCN(CC(=O)Nc2cccc([N+](=O)[O-])c2)CC1. The number of nitro groups is 1. The Morgan fingerprint density at radius 3 is 2.79 bits per heavy atom. The van der Waals surface area contributed by atoms with E-state index in [2.05, 4.69) is 33.6 Å². The molecule has 0 bridgehead atoms. The number of rotatable bonds is 7. The number of imidazole rings is 1. The molecule has 0 radical (unpaired) electrons. The van der Waals surface area contributed by atoms with Gasteiger partial charge in [0.2, 0.25) is 5.91 Å². The number of piperidine rings is 1. The zero-order valence-electron chi connectivity index (χ0n) is 16.4. The number of amides is 1. The summed E-state index contributed by atoms with van der Waals surface area (Å²) in [5.74, 6) is 1.98. The molecule has 0 unspecified atom stereocenters. The summed E-state index contributed by atoms with van der Waals surface area (Å²) in [7, 11) is 0. The van der Waals surface area contributed by atoms with Crippen molar-refractivity contribution in [1.82, 2.24) is 14.5 Å². The molecule has 2 aromatic rings. The highest BCUT2D eigenvalue weighted by atomic mass is 16.6. The van der Waals surface area contributed by atoms with Gasteiger partial charge in [0.1, 0.15) is 5.82 Å². The molecule has 0 spiro atoms. The quantitative estimate of drug-likeness (QED) is 0.583. The smallest absolute Gasteiger partial charge is 0.271 e. The van der Waals surface area contributed by atoms with Crippen molar-refractivity contribution >= 4 is 17.3 Å². The van der Waals surface area contributed by atoms with Crippen molar-refractivity contribution < 1.29 is 9.72 Å². The molecular weight excluding hydrogens is 358 g/mol. The number of benzene rings is 1. The lowest BCUT2D eigenvalue weighted by molar-refractivity contribution is -0.384. The second-order valence-corrected chi connectivity index (χ2v) is 7.67. The van der Waals surface area contributed by atoms with Crippen molar-refractivity contribution in [3.05, 3.63) is 52.6 Å². The van der Waals surface area contributed by atoms with Gasteiger partial charge in [-0.25, -0.2) is 4.98 Å². The fourth-order valence-electron chi connectivity index (χ4n) is 3.68. The molecule has 1 aromatic carbocycles. The number of likely N-dealkylation sites (tertiary alicyclic amines) is 1. The summed E-state index contributed by atoms with van der Waals surface area (Å²) in [6.45, 7) is 7.33. The zero-order chi connectivity index (χ0) is 20.1. The Labute approximate surface area is 164 Å². The molecule has 1 fully saturated rings. The van der Waals surface area contributed by atoms with Crippen molar-refractivity contribution in [2.75, 3.05) is 25.0 Å². The Kier molecular flexibility index (Phi) is 6.41. The van der Waals surface area contributed by atoms with Gasteiger partial charge in [0.05, 0.1) is 11.5 Å². The van der Waals surface area contributed by atoms with Crippen LogP contribution in [-0.2, 0) is 11.3 Å². The van der Waals surface area contributed by atoms with Crippen molar-refractivity contribution in [3.8, 4) is 0 Å². The molecular formula is C20H27N5O3. The molecule has 1 aliphatic heterocycles. The molecule has 0 aliphatic carbocycles. The third-order valence-electron chi connectivity index (χ3n) is 5.13. The Hall–Kier alpha value is -2.74. The van der Waals surface area contributed by atoms with Crippen molar-refractivity contribution in [3.63, 3.8) is 0 Å². The van der Waals surface area contributed by atoms with Gasteiger partial charge in [-0.05, 0) is 37.9 Å². The lowest BCUT2D eigenvalue weighted by Crippen LogP contribution is -2.40. The molecule has 2 heterocycles. The number of nitrogens with zero attached hydrogens (tertiary/aromatic N) is 4. The first kappa shape index (κ1) is 20.0. The van der Waals surface area contributed by atoms with Gasteiger partial charge < -0.3 is 9.88 Å². The van der Waals surface area contributed by atoms with Gasteiger partial charge in [-0.15, -0.1) is 0 Å². The van der Waals surface area contributed by atoms with Crippen LogP contribution in [0.3, 0.4) is 0 Å². The van der Waals surface area contributed by atoms with E-state index in [9.17, 15) is 14.9 Å². The van der Waals surface area contributed by atoms with E-state index in [4.69, 9.17) is 0 Å². The molecule has 3 rings (SSSR count). The van der Waals surface area contributed by atoms with Crippen LogP contribution in [0, 0.1) is 16.0 Å². The van der Waals surface area contributed by atoms with E-state index >= 15 is 0 Å². The number of aromatic nitrogens is 2. The summed E-state index contributed by atoms with van der Waals surface area (Å²) < 4.78 is 2.25. The lowest BCUT2D eigenvalue weighted by atomic mass is 9.96. The van der Waals surface area contributed by atoms with Crippen LogP contribution in [0.1, 0.15) is 38.4 Å². The van der Waals surface area contributed by atoms with Crippen molar-refractivity contribution in [1.29, 1.82) is 0 Å². The minimum absolute atomic E-state index is 0.0288. The lowest BCUT2D eigenvalue weighted by Gasteiger charge is -2.32. The predicted octanol–water partition coefficient (Wildman–Crippen LogP) is 3.27. The second-order valence-electron chi connectivity index (χ2n) is 7.67. The van der Waals surface area contributed by atoms with Crippen LogP contribution >= 0.6 is 0 Å². The molecule has 1 aliphatic rings. The molecule has 0 atom stereocenters. The molecule has 0 saturated carbocycles. The predicted molar refractivity (Wildman–Crippen MR) is 107 cm³/mol. The average molecular weight is 385 g/mol. The molecule has 1 N–H and O–H groups in total. The standard InChI is InChI=1S/C20H27N5O3/c1-15(2)20-21-8-11-24(20)13-16-6-9-23(10-7-16)14-19(26)22-17-4-3-5-18(12-17)25(27)28/h3-5,8,11-12,15-16H,6-7,9-10,13-14H2,1-2H3,(H,22,26). The van der Waals surface area contributed by atoms with E-state index in [0.29, 0.717) is 24.1 Å². The first-order chi connectivity index (χ1) is 13.4. The topological polar surface area (TPSA) is 93.3 Å². The number of carbonyl (C=O) groups excluding carboxylic acids is 1. The number of carbonyl (C=O) groups is 1. The van der Waals surface area contributed by atoms with E-state index in [0.717, 1.165) is 38.3 Å². The van der Waals surface area contributed by atoms with Gasteiger partial charge in [0, 0.05) is 42.7 Å². The molecule has 1 amide bonds. The Balaban J connectivity index is 1.46. The summed E-state index contributed by atoms with van der Waals surface area (Å²) in [5, 5.41) is 13.6. The van der Waals surface area contributed by atoms with Gasteiger partial charge in [-0.3, -0.25) is 19.8 Å². The zero-order valence-corrected chi connectivity index (χ0v) is 16.4. The Bertz CT molecular complexity index is 825. The number of hydrogen-bond donors (Lipinski definition) is 1. The Morgan fingerprint density at radius 1 is 1.36 bits per heavy atom. The molecule has 8 nitrogen and oxygen atoms in total. The summed E-state index contributed by atoms with van der Waals surface area (Å²) in [6.07, 6.45) is 6.00. The van der Waals surface area contributed by atoms with Crippen molar-refractivity contribution in [2.45, 2.75) is 39.2 Å². The number of anilines is 1. The number of hydrogen-bond acceptors (Lipinski definition) is 5. The summed E-state index contributed by atoms with van der Waals surface area (Å²) in [4.78, 5) is 29.2. The average Bonchev–Trinajstić information content (AvgIpc) is 3.12. The third kappa shape index (κ3) is 5.16. The minimum Gasteiger partial charge on any atom is -0.334 e. The highest BCUT2D eigenvalue weighted by Gasteiger charge is 2.22. The van der Waals surface area contributed by atoms with E-state index in [1.165, 1.54) is 12.1 Å². The fourth-order valence-corrected chi connectivity index (χ4v) is 3.68. The normalized spacial score (nSPS) is 15.7. The first-order valence-corrected chi connectivity index (χ1v) is 9.70. The second kappa shape index (κ2) is 8.97. The van der Waals surface area contributed by atoms with E-state index in [-0.39, 0.29) is 11.6 Å². The maximum Gasteiger partial charge on any atom is 0.271 e. The van der Waals surface area contributed by atoms with Crippen LogP contribution in [-0.4, -0.2) is 44.9 Å². The van der Waals surface area contributed by atoms with Gasteiger partial charge in [0.15, 0.2) is 0 Å². The van der Waals surface area contributed by atoms with Crippen LogP contribution in [0.5, 0.6) is 0 Å². The van der Waals surface area contributed by atoms with Crippen molar-refractivity contribution in [2.24, 2.45) is 5.92 Å². The monoisotopic (exact) mass is 385 g/mol.